The summed E-state index contributed by atoms with van der Waals surface area (Å²) < 4.78 is 27.2. The van der Waals surface area contributed by atoms with Crippen molar-refractivity contribution in [3.8, 4) is 6.07 Å². The van der Waals surface area contributed by atoms with Crippen LogP contribution in [-0.2, 0) is 4.79 Å². The first kappa shape index (κ1) is 13.9. The van der Waals surface area contributed by atoms with E-state index in [2.05, 4.69) is 0 Å². The summed E-state index contributed by atoms with van der Waals surface area (Å²) in [5, 5.41) is 17.3. The minimum Gasteiger partial charge on any atom is -0.481 e. The number of hydrogen-bond donors (Lipinski definition) is 1. The molecule has 0 aliphatic rings. The number of nitriles is 1. The Morgan fingerprint density at radius 2 is 2.00 bits per heavy atom. The van der Waals surface area contributed by atoms with Gasteiger partial charge in [0.1, 0.15) is 5.69 Å². The molecule has 0 heterocycles. The molecule has 0 aliphatic heterocycles. The zero-order chi connectivity index (χ0) is 13.9. The topological polar surface area (TPSA) is 64.3 Å². The first-order valence-electron chi connectivity index (χ1n) is 5.20. The van der Waals surface area contributed by atoms with Gasteiger partial charge in [0.25, 0.3) is 0 Å². The lowest BCUT2D eigenvalue weighted by Gasteiger charge is -2.22. The van der Waals surface area contributed by atoms with Crippen LogP contribution < -0.4 is 4.90 Å². The van der Waals surface area contributed by atoms with Gasteiger partial charge in [-0.3, -0.25) is 4.79 Å². The van der Waals surface area contributed by atoms with Gasteiger partial charge in [-0.05, 0) is 12.1 Å². The number of carboxylic acid groups (broad SMARTS) is 1. The summed E-state index contributed by atoms with van der Waals surface area (Å²) in [5.41, 5.74) is -0.449. The van der Waals surface area contributed by atoms with E-state index in [0.717, 1.165) is 12.1 Å². The van der Waals surface area contributed by atoms with E-state index >= 15 is 0 Å². The van der Waals surface area contributed by atoms with Crippen molar-refractivity contribution in [3.05, 3.63) is 29.3 Å². The predicted octanol–water partition coefficient (Wildman–Crippen LogP) is 1.99. The molecule has 96 valence electrons. The summed E-state index contributed by atoms with van der Waals surface area (Å²) in [4.78, 5) is 11.9. The Bertz CT molecular complexity index is 488. The summed E-state index contributed by atoms with van der Waals surface area (Å²) in [6, 6.07) is 3.48. The first-order valence-corrected chi connectivity index (χ1v) is 5.20. The van der Waals surface area contributed by atoms with E-state index in [-0.39, 0.29) is 17.8 Å². The second-order valence-corrected chi connectivity index (χ2v) is 4.02. The lowest BCUT2D eigenvalue weighted by molar-refractivity contribution is -0.140. The van der Waals surface area contributed by atoms with Gasteiger partial charge in [0.2, 0.25) is 0 Å². The molecular formula is C12H12F2N2O2. The van der Waals surface area contributed by atoms with Crippen LogP contribution >= 0.6 is 0 Å². The molecule has 0 saturated heterocycles. The van der Waals surface area contributed by atoms with E-state index in [9.17, 15) is 13.6 Å². The normalized spacial score (nSPS) is 11.7. The SMILES string of the molecule is CC(CN(C)c1c(F)cc(C#N)cc1F)C(=O)O. The highest BCUT2D eigenvalue weighted by molar-refractivity contribution is 5.70. The molecule has 18 heavy (non-hydrogen) atoms. The molecule has 0 amide bonds. The minimum absolute atomic E-state index is 0.0327. The summed E-state index contributed by atoms with van der Waals surface area (Å²) in [7, 11) is 1.40. The molecule has 0 radical (unpaired) electrons. The molecule has 1 aromatic carbocycles. The van der Waals surface area contributed by atoms with Gasteiger partial charge < -0.3 is 10.0 Å². The van der Waals surface area contributed by atoms with Crippen LogP contribution in [0.2, 0.25) is 0 Å². The Labute approximate surface area is 103 Å². The van der Waals surface area contributed by atoms with E-state index in [0.29, 0.717) is 0 Å². The van der Waals surface area contributed by atoms with Gasteiger partial charge in [-0.25, -0.2) is 8.78 Å². The third-order valence-electron chi connectivity index (χ3n) is 2.50. The van der Waals surface area contributed by atoms with Gasteiger partial charge in [-0.1, -0.05) is 6.92 Å². The summed E-state index contributed by atoms with van der Waals surface area (Å²) in [6.45, 7) is 1.41. The van der Waals surface area contributed by atoms with Gasteiger partial charge >= 0.3 is 5.97 Å². The second kappa shape index (κ2) is 5.45. The quantitative estimate of drug-likeness (QED) is 0.892. The molecule has 1 aromatic rings. The lowest BCUT2D eigenvalue weighted by atomic mass is 10.1. The third kappa shape index (κ3) is 2.94. The Balaban J connectivity index is 3.03. The van der Waals surface area contributed by atoms with Gasteiger partial charge in [0, 0.05) is 13.6 Å². The van der Waals surface area contributed by atoms with Gasteiger partial charge in [0.15, 0.2) is 11.6 Å². The highest BCUT2D eigenvalue weighted by Gasteiger charge is 2.19. The van der Waals surface area contributed by atoms with Crippen LogP contribution in [0, 0.1) is 28.9 Å². The van der Waals surface area contributed by atoms with Crippen LogP contribution in [0.4, 0.5) is 14.5 Å². The van der Waals surface area contributed by atoms with Crippen LogP contribution in [0.15, 0.2) is 12.1 Å². The highest BCUT2D eigenvalue weighted by atomic mass is 19.1. The average molecular weight is 254 g/mol. The van der Waals surface area contributed by atoms with Gasteiger partial charge in [-0.2, -0.15) is 5.26 Å². The Morgan fingerprint density at radius 1 is 1.50 bits per heavy atom. The number of benzene rings is 1. The van der Waals surface area contributed by atoms with Crippen molar-refractivity contribution in [2.24, 2.45) is 5.92 Å². The molecule has 0 spiro atoms. The predicted molar refractivity (Wildman–Crippen MR) is 61.1 cm³/mol. The molecule has 1 unspecified atom stereocenters. The maximum atomic E-state index is 13.6. The minimum atomic E-state index is -1.05. The average Bonchev–Trinajstić information content (AvgIpc) is 2.27. The van der Waals surface area contributed by atoms with E-state index in [1.165, 1.54) is 18.9 Å². The first-order chi connectivity index (χ1) is 8.36. The fourth-order valence-corrected chi connectivity index (χ4v) is 1.57. The van der Waals surface area contributed by atoms with E-state index in [1.54, 1.807) is 6.07 Å². The van der Waals surface area contributed by atoms with Crippen molar-refractivity contribution < 1.29 is 18.7 Å². The monoisotopic (exact) mass is 254 g/mol. The van der Waals surface area contributed by atoms with Crippen LogP contribution in [0.5, 0.6) is 0 Å². The van der Waals surface area contributed by atoms with Gasteiger partial charge in [0.05, 0.1) is 17.6 Å². The Morgan fingerprint density at radius 3 is 2.39 bits per heavy atom. The molecule has 4 nitrogen and oxygen atoms in total. The van der Waals surface area contributed by atoms with Crippen molar-refractivity contribution in [1.82, 2.24) is 0 Å². The maximum Gasteiger partial charge on any atom is 0.308 e. The van der Waals surface area contributed by atoms with Crippen molar-refractivity contribution in [1.29, 1.82) is 5.26 Å². The second-order valence-electron chi connectivity index (χ2n) is 4.02. The fourth-order valence-electron chi connectivity index (χ4n) is 1.57. The molecule has 1 N–H and O–H groups in total. The molecule has 6 heteroatoms. The van der Waals surface area contributed by atoms with Crippen LogP contribution in [0.3, 0.4) is 0 Å². The van der Waals surface area contributed by atoms with E-state index in [4.69, 9.17) is 10.4 Å². The molecule has 0 aromatic heterocycles. The zero-order valence-corrected chi connectivity index (χ0v) is 9.94. The van der Waals surface area contributed by atoms with Crippen molar-refractivity contribution in [3.63, 3.8) is 0 Å². The lowest BCUT2D eigenvalue weighted by Crippen LogP contribution is -2.29. The summed E-state index contributed by atoms with van der Waals surface area (Å²) in [6.07, 6.45) is 0. The number of rotatable bonds is 4. The summed E-state index contributed by atoms with van der Waals surface area (Å²) >= 11 is 0. The number of nitrogens with zero attached hydrogens (tertiary/aromatic N) is 2. The number of carbonyl (C=O) groups is 1. The molecule has 0 saturated carbocycles. The van der Waals surface area contributed by atoms with Crippen molar-refractivity contribution in [2.75, 3.05) is 18.5 Å². The molecule has 0 bridgehead atoms. The van der Waals surface area contributed by atoms with Crippen LogP contribution in [-0.4, -0.2) is 24.7 Å². The third-order valence-corrected chi connectivity index (χ3v) is 2.50. The largest absolute Gasteiger partial charge is 0.481 e. The number of halogens is 2. The summed E-state index contributed by atoms with van der Waals surface area (Å²) in [5.74, 6) is -3.57. The molecule has 1 rings (SSSR count). The molecular weight excluding hydrogens is 242 g/mol. The Kier molecular flexibility index (Phi) is 4.21. The van der Waals surface area contributed by atoms with Crippen LogP contribution in [0.1, 0.15) is 12.5 Å². The number of carboxylic acids is 1. The molecule has 0 fully saturated rings. The number of hydrogen-bond acceptors (Lipinski definition) is 3. The zero-order valence-electron chi connectivity index (χ0n) is 9.94. The molecule has 0 aliphatic carbocycles. The smallest absolute Gasteiger partial charge is 0.308 e. The molecule has 1 atom stereocenters. The van der Waals surface area contributed by atoms with Crippen LogP contribution in [0.25, 0.3) is 0 Å². The number of aliphatic carboxylic acids is 1. The van der Waals surface area contributed by atoms with E-state index < -0.39 is 23.5 Å². The Hall–Kier alpha value is -2.16. The van der Waals surface area contributed by atoms with E-state index in [1.807, 2.05) is 0 Å². The van der Waals surface area contributed by atoms with Gasteiger partial charge in [-0.15, -0.1) is 0 Å². The fraction of sp³-hybridized carbons (Fsp3) is 0.333. The maximum absolute atomic E-state index is 13.6. The highest BCUT2D eigenvalue weighted by Crippen LogP contribution is 2.24. The number of anilines is 1. The van der Waals surface area contributed by atoms with Crippen molar-refractivity contribution >= 4 is 11.7 Å². The van der Waals surface area contributed by atoms with Crippen molar-refractivity contribution in [2.45, 2.75) is 6.92 Å². The standard InChI is InChI=1S/C12H12F2N2O2/c1-7(12(17)18)6-16(2)11-9(13)3-8(5-15)4-10(11)14/h3-4,7H,6H2,1-2H3,(H,17,18).